The smallest absolute Gasteiger partial charge is 0.275 e. The second-order valence-electron chi connectivity index (χ2n) is 5.58. The predicted molar refractivity (Wildman–Crippen MR) is 103 cm³/mol. The Hall–Kier alpha value is -2.50. The van der Waals surface area contributed by atoms with Crippen LogP contribution in [0.15, 0.2) is 70.7 Å². The average Bonchev–Trinajstić information content (AvgIpc) is 3.05. The Balaban J connectivity index is 1.70. The molecule has 2 heterocycles. The Morgan fingerprint density at radius 3 is 2.72 bits per heavy atom. The molecule has 0 radical (unpaired) electrons. The van der Waals surface area contributed by atoms with Gasteiger partial charge in [0.2, 0.25) is 0 Å². The molecule has 0 amide bonds. The molecule has 0 aliphatic rings. The quantitative estimate of drug-likeness (QED) is 0.400. The van der Waals surface area contributed by atoms with Crippen LogP contribution in [0.4, 0.5) is 0 Å². The van der Waals surface area contributed by atoms with E-state index in [2.05, 4.69) is 15.0 Å². The lowest BCUT2D eigenvalue weighted by Gasteiger charge is -2.03. The van der Waals surface area contributed by atoms with Gasteiger partial charge in [0, 0.05) is 22.5 Å². The van der Waals surface area contributed by atoms with Gasteiger partial charge >= 0.3 is 0 Å². The van der Waals surface area contributed by atoms with Gasteiger partial charge in [0.15, 0.2) is 5.16 Å². The summed E-state index contributed by atoms with van der Waals surface area (Å²) >= 11 is 7.50. The zero-order valence-electron chi connectivity index (χ0n) is 13.1. The number of halogens is 1. The van der Waals surface area contributed by atoms with Gasteiger partial charge in [0.05, 0.1) is 0 Å². The van der Waals surface area contributed by atoms with Crippen LogP contribution in [0.5, 0.6) is 0 Å². The summed E-state index contributed by atoms with van der Waals surface area (Å²) in [5, 5.41) is 1.29. The third-order valence-electron chi connectivity index (χ3n) is 3.86. The normalized spacial score (nSPS) is 11.1. The van der Waals surface area contributed by atoms with Crippen molar-refractivity contribution in [1.82, 2.24) is 15.0 Å². The van der Waals surface area contributed by atoms with Gasteiger partial charge in [-0.05, 0) is 23.3 Å². The highest BCUT2D eigenvalue weighted by molar-refractivity contribution is 7.98. The van der Waals surface area contributed by atoms with Gasteiger partial charge in [-0.3, -0.25) is 9.78 Å². The number of nitrogens with zero attached hydrogens (tertiary/aromatic N) is 1. The first-order valence-electron chi connectivity index (χ1n) is 7.75. The molecule has 0 atom stereocenters. The van der Waals surface area contributed by atoms with Crippen molar-refractivity contribution in [2.24, 2.45) is 0 Å². The van der Waals surface area contributed by atoms with Crippen LogP contribution in [-0.2, 0) is 5.75 Å². The number of fused-ring (bicyclic) bond motifs is 1. The molecule has 0 bridgehead atoms. The van der Waals surface area contributed by atoms with Gasteiger partial charge in [-0.1, -0.05) is 65.8 Å². The number of thioether (sulfide) groups is 1. The van der Waals surface area contributed by atoms with Crippen molar-refractivity contribution in [1.29, 1.82) is 0 Å². The maximum absolute atomic E-state index is 12.3. The molecule has 0 saturated heterocycles. The zero-order valence-corrected chi connectivity index (χ0v) is 14.7. The van der Waals surface area contributed by atoms with Crippen molar-refractivity contribution in [3.8, 4) is 11.1 Å². The van der Waals surface area contributed by atoms with Crippen molar-refractivity contribution < 1.29 is 0 Å². The Bertz CT molecular complexity index is 1090. The first kappa shape index (κ1) is 16.0. The van der Waals surface area contributed by atoms with Crippen LogP contribution < -0.4 is 5.56 Å². The number of aromatic nitrogens is 3. The summed E-state index contributed by atoms with van der Waals surface area (Å²) in [7, 11) is 0. The first-order valence-corrected chi connectivity index (χ1v) is 9.11. The molecule has 124 valence electrons. The number of hydrogen-bond acceptors (Lipinski definition) is 3. The predicted octanol–water partition coefficient (Wildman–Crippen LogP) is 4.86. The fourth-order valence-corrected chi connectivity index (χ4v) is 3.70. The molecule has 0 aliphatic heterocycles. The van der Waals surface area contributed by atoms with E-state index in [0.717, 1.165) is 16.7 Å². The number of hydrogen-bond donors (Lipinski definition) is 2. The van der Waals surface area contributed by atoms with Gasteiger partial charge in [-0.15, -0.1) is 0 Å². The highest BCUT2D eigenvalue weighted by Crippen LogP contribution is 2.27. The topological polar surface area (TPSA) is 61.5 Å². The molecule has 4 aromatic rings. The van der Waals surface area contributed by atoms with Gasteiger partial charge in [-0.25, -0.2) is 4.98 Å². The fraction of sp³-hybridized carbons (Fsp3) is 0.0526. The highest BCUT2D eigenvalue weighted by Gasteiger charge is 2.12. The zero-order chi connectivity index (χ0) is 17.2. The standard InChI is InChI=1S/C19H14ClN3OS/c20-14-8-4-5-12(9-14)11-25-19-22-16-15(13-6-2-1-3-7-13)10-21-17(16)18(24)23-19/h1-10,21H,11H2,(H,22,23,24). The van der Waals surface area contributed by atoms with Crippen molar-refractivity contribution in [3.63, 3.8) is 0 Å². The second-order valence-corrected chi connectivity index (χ2v) is 6.98. The summed E-state index contributed by atoms with van der Waals surface area (Å²) in [6, 6.07) is 17.6. The summed E-state index contributed by atoms with van der Waals surface area (Å²) < 4.78 is 0. The Labute approximate surface area is 153 Å². The van der Waals surface area contributed by atoms with Gasteiger partial charge in [0.1, 0.15) is 11.0 Å². The molecule has 0 unspecified atom stereocenters. The van der Waals surface area contributed by atoms with Crippen molar-refractivity contribution in [2.45, 2.75) is 10.9 Å². The van der Waals surface area contributed by atoms with Crippen LogP contribution in [0.2, 0.25) is 5.02 Å². The highest BCUT2D eigenvalue weighted by atomic mass is 35.5. The molecule has 25 heavy (non-hydrogen) atoms. The van der Waals surface area contributed by atoms with E-state index >= 15 is 0 Å². The van der Waals surface area contributed by atoms with Gasteiger partial charge in [0.25, 0.3) is 5.56 Å². The van der Waals surface area contributed by atoms with E-state index in [1.54, 1.807) is 0 Å². The number of rotatable bonds is 4. The van der Waals surface area contributed by atoms with E-state index in [4.69, 9.17) is 11.6 Å². The molecule has 0 aliphatic carbocycles. The van der Waals surface area contributed by atoms with E-state index in [1.165, 1.54) is 11.8 Å². The Morgan fingerprint density at radius 1 is 1.08 bits per heavy atom. The molecule has 0 saturated carbocycles. The Morgan fingerprint density at radius 2 is 1.92 bits per heavy atom. The molecule has 4 rings (SSSR count). The monoisotopic (exact) mass is 367 g/mol. The maximum Gasteiger partial charge on any atom is 0.275 e. The third-order valence-corrected chi connectivity index (χ3v) is 5.04. The molecule has 2 aromatic heterocycles. The summed E-state index contributed by atoms with van der Waals surface area (Å²) in [5.74, 6) is 0.681. The summed E-state index contributed by atoms with van der Waals surface area (Å²) in [4.78, 5) is 22.9. The van der Waals surface area contributed by atoms with Crippen LogP contribution in [0.25, 0.3) is 22.2 Å². The van der Waals surface area contributed by atoms with Gasteiger partial charge in [-0.2, -0.15) is 0 Å². The molecule has 6 heteroatoms. The van der Waals surface area contributed by atoms with Crippen LogP contribution >= 0.6 is 23.4 Å². The minimum absolute atomic E-state index is 0.166. The van der Waals surface area contributed by atoms with Crippen LogP contribution in [0.1, 0.15) is 5.56 Å². The third kappa shape index (κ3) is 3.34. The first-order chi connectivity index (χ1) is 12.2. The number of nitrogens with one attached hydrogen (secondary N) is 2. The molecular formula is C19H14ClN3OS. The summed E-state index contributed by atoms with van der Waals surface area (Å²) in [6.45, 7) is 0. The van der Waals surface area contributed by atoms with Crippen molar-refractivity contribution >= 4 is 34.4 Å². The van der Waals surface area contributed by atoms with E-state index in [-0.39, 0.29) is 5.56 Å². The minimum Gasteiger partial charge on any atom is -0.355 e. The largest absolute Gasteiger partial charge is 0.355 e. The van der Waals surface area contributed by atoms with E-state index in [1.807, 2.05) is 60.8 Å². The molecular weight excluding hydrogens is 354 g/mol. The summed E-state index contributed by atoms with van der Waals surface area (Å²) in [5.41, 5.74) is 4.04. The summed E-state index contributed by atoms with van der Waals surface area (Å²) in [6.07, 6.45) is 1.83. The number of benzene rings is 2. The van der Waals surface area contributed by atoms with E-state index in [9.17, 15) is 4.79 Å². The molecule has 0 spiro atoms. The Kier molecular flexibility index (Phi) is 4.34. The molecule has 2 N–H and O–H groups in total. The SMILES string of the molecule is O=c1[nH]c(SCc2cccc(Cl)c2)nc2c(-c3ccccc3)c[nH]c12. The molecule has 0 fully saturated rings. The fourth-order valence-electron chi connectivity index (χ4n) is 2.68. The lowest BCUT2D eigenvalue weighted by Crippen LogP contribution is -2.09. The maximum atomic E-state index is 12.3. The minimum atomic E-state index is -0.166. The number of aromatic amines is 2. The van der Waals surface area contributed by atoms with Crippen molar-refractivity contribution in [2.75, 3.05) is 0 Å². The molecule has 2 aromatic carbocycles. The van der Waals surface area contributed by atoms with Crippen LogP contribution in [-0.4, -0.2) is 15.0 Å². The lowest BCUT2D eigenvalue weighted by molar-refractivity contribution is 0.972. The van der Waals surface area contributed by atoms with Crippen LogP contribution in [0, 0.1) is 0 Å². The van der Waals surface area contributed by atoms with Crippen molar-refractivity contribution in [3.05, 3.63) is 81.7 Å². The second kappa shape index (κ2) is 6.78. The van der Waals surface area contributed by atoms with E-state index in [0.29, 0.717) is 27.0 Å². The molecule has 4 nitrogen and oxygen atoms in total. The number of H-pyrrole nitrogens is 2. The van der Waals surface area contributed by atoms with Gasteiger partial charge < -0.3 is 4.98 Å². The average molecular weight is 368 g/mol. The van der Waals surface area contributed by atoms with Crippen LogP contribution in [0.3, 0.4) is 0 Å². The lowest BCUT2D eigenvalue weighted by atomic mass is 10.1. The van der Waals surface area contributed by atoms with E-state index < -0.39 is 0 Å².